The summed E-state index contributed by atoms with van der Waals surface area (Å²) < 4.78 is 0.329. The number of hydrogen-bond donors (Lipinski definition) is 4. The van der Waals surface area contributed by atoms with Crippen LogP contribution in [0.1, 0.15) is 0 Å². The standard InChI is InChI=1S/C5H11IO4/c6-1-3(8)5(10)4(9)2-7/h3-5,7-10H,1-2H2. The Morgan fingerprint density at radius 1 is 1.10 bits per heavy atom. The van der Waals surface area contributed by atoms with Crippen molar-refractivity contribution in [2.45, 2.75) is 18.3 Å². The molecular weight excluding hydrogens is 251 g/mol. The average Bonchev–Trinajstić information content (AvgIpc) is 2.00. The molecule has 0 aliphatic carbocycles. The third kappa shape index (κ3) is 3.11. The summed E-state index contributed by atoms with van der Waals surface area (Å²) in [6.45, 7) is -0.533. The fraction of sp³-hybridized carbons (Fsp3) is 1.00. The lowest BCUT2D eigenvalue weighted by Crippen LogP contribution is -2.40. The van der Waals surface area contributed by atoms with Gasteiger partial charge in [-0.15, -0.1) is 0 Å². The van der Waals surface area contributed by atoms with E-state index in [0.29, 0.717) is 4.43 Å². The molecule has 0 aromatic carbocycles. The summed E-state index contributed by atoms with van der Waals surface area (Å²) in [5.74, 6) is 0. The average molecular weight is 262 g/mol. The molecule has 0 spiro atoms. The van der Waals surface area contributed by atoms with Crippen molar-refractivity contribution in [3.8, 4) is 0 Å². The van der Waals surface area contributed by atoms with Crippen molar-refractivity contribution in [1.82, 2.24) is 0 Å². The molecule has 4 nitrogen and oxygen atoms in total. The van der Waals surface area contributed by atoms with E-state index in [9.17, 15) is 0 Å². The molecule has 4 N–H and O–H groups in total. The zero-order valence-corrected chi connectivity index (χ0v) is 7.47. The van der Waals surface area contributed by atoms with Gasteiger partial charge in [-0.3, -0.25) is 0 Å². The summed E-state index contributed by atoms with van der Waals surface area (Å²) in [5.41, 5.74) is 0. The van der Waals surface area contributed by atoms with Gasteiger partial charge in [0.25, 0.3) is 0 Å². The van der Waals surface area contributed by atoms with E-state index in [1.165, 1.54) is 0 Å². The number of rotatable bonds is 4. The van der Waals surface area contributed by atoms with Crippen molar-refractivity contribution in [2.24, 2.45) is 0 Å². The van der Waals surface area contributed by atoms with Gasteiger partial charge in [0.15, 0.2) is 0 Å². The van der Waals surface area contributed by atoms with Crippen molar-refractivity contribution in [1.29, 1.82) is 0 Å². The normalized spacial score (nSPS) is 20.1. The Labute approximate surface area is 72.6 Å². The Hall–Kier alpha value is 0.570. The molecule has 10 heavy (non-hydrogen) atoms. The van der Waals surface area contributed by atoms with Gasteiger partial charge in [0.1, 0.15) is 12.2 Å². The van der Waals surface area contributed by atoms with Crippen molar-refractivity contribution < 1.29 is 20.4 Å². The quantitative estimate of drug-likeness (QED) is 0.367. The van der Waals surface area contributed by atoms with Crippen LogP contribution in [0.3, 0.4) is 0 Å². The second-order valence-electron chi connectivity index (χ2n) is 1.96. The summed E-state index contributed by atoms with van der Waals surface area (Å²) in [5, 5.41) is 34.9. The van der Waals surface area contributed by atoms with Gasteiger partial charge in [-0.2, -0.15) is 0 Å². The Kier molecular flexibility index (Phi) is 5.55. The number of aliphatic hydroxyl groups is 4. The SMILES string of the molecule is OCC(O)C(O)C(O)CI. The lowest BCUT2D eigenvalue weighted by molar-refractivity contribution is -0.0675. The molecule has 62 valence electrons. The highest BCUT2D eigenvalue weighted by Gasteiger charge is 2.22. The second kappa shape index (κ2) is 5.25. The minimum atomic E-state index is -1.25. The van der Waals surface area contributed by atoms with Crippen molar-refractivity contribution in [3.63, 3.8) is 0 Å². The minimum Gasteiger partial charge on any atom is -0.394 e. The summed E-state index contributed by atoms with van der Waals surface area (Å²) >= 11 is 1.88. The van der Waals surface area contributed by atoms with Crippen LogP contribution < -0.4 is 0 Å². The van der Waals surface area contributed by atoms with E-state index in [0.717, 1.165) is 0 Å². The van der Waals surface area contributed by atoms with E-state index in [2.05, 4.69) is 0 Å². The van der Waals surface area contributed by atoms with Crippen molar-refractivity contribution >= 4 is 22.6 Å². The Morgan fingerprint density at radius 2 is 1.60 bits per heavy atom. The van der Waals surface area contributed by atoms with Crippen LogP contribution in [0.15, 0.2) is 0 Å². The second-order valence-corrected chi connectivity index (χ2v) is 2.84. The Balaban J connectivity index is 3.69. The maximum atomic E-state index is 8.92. The molecule has 3 atom stereocenters. The van der Waals surface area contributed by atoms with Crippen molar-refractivity contribution in [3.05, 3.63) is 0 Å². The molecule has 0 amide bonds. The molecule has 0 saturated heterocycles. The zero-order chi connectivity index (χ0) is 8.15. The van der Waals surface area contributed by atoms with Gasteiger partial charge in [0.2, 0.25) is 0 Å². The van der Waals surface area contributed by atoms with Gasteiger partial charge in [-0.25, -0.2) is 0 Å². The van der Waals surface area contributed by atoms with Crippen LogP contribution in [0, 0.1) is 0 Å². The first-order valence-electron chi connectivity index (χ1n) is 2.84. The van der Waals surface area contributed by atoms with Gasteiger partial charge in [-0.05, 0) is 0 Å². The van der Waals surface area contributed by atoms with Crippen LogP contribution in [-0.4, -0.2) is 49.8 Å². The maximum absolute atomic E-state index is 8.92. The molecule has 5 heteroatoms. The lowest BCUT2D eigenvalue weighted by Gasteiger charge is -2.19. The summed E-state index contributed by atoms with van der Waals surface area (Å²) in [6.07, 6.45) is -3.46. The highest BCUT2D eigenvalue weighted by molar-refractivity contribution is 14.1. The molecule has 0 aromatic heterocycles. The molecule has 0 heterocycles. The predicted octanol–water partition coefficient (Wildman–Crippen LogP) is -1.50. The van der Waals surface area contributed by atoms with Gasteiger partial charge >= 0.3 is 0 Å². The third-order valence-corrected chi connectivity index (χ3v) is 2.04. The first-order chi connectivity index (χ1) is 4.63. The Morgan fingerprint density at radius 3 is 1.90 bits per heavy atom. The van der Waals surface area contributed by atoms with Crippen molar-refractivity contribution in [2.75, 3.05) is 11.0 Å². The molecule has 0 aliphatic rings. The van der Waals surface area contributed by atoms with Gasteiger partial charge < -0.3 is 20.4 Å². The molecule has 0 aliphatic heterocycles. The predicted molar refractivity (Wildman–Crippen MR) is 44.0 cm³/mol. The smallest absolute Gasteiger partial charge is 0.109 e. The van der Waals surface area contributed by atoms with Crippen LogP contribution in [0.25, 0.3) is 0 Å². The molecule has 0 rings (SSSR count). The Bertz CT molecular complexity index is 79.7. The van der Waals surface area contributed by atoms with Crippen LogP contribution in [0.5, 0.6) is 0 Å². The van der Waals surface area contributed by atoms with Crippen LogP contribution in [0.2, 0.25) is 0 Å². The summed E-state index contributed by atoms with van der Waals surface area (Å²) in [6, 6.07) is 0. The van der Waals surface area contributed by atoms with Gasteiger partial charge in [-0.1, -0.05) is 22.6 Å². The van der Waals surface area contributed by atoms with Gasteiger partial charge in [0.05, 0.1) is 12.7 Å². The molecule has 0 radical (unpaired) electrons. The van der Waals surface area contributed by atoms with Crippen LogP contribution in [0.4, 0.5) is 0 Å². The number of alkyl halides is 1. The van der Waals surface area contributed by atoms with E-state index in [-0.39, 0.29) is 0 Å². The van der Waals surface area contributed by atoms with E-state index in [4.69, 9.17) is 20.4 Å². The fourth-order valence-electron chi connectivity index (χ4n) is 0.456. The van der Waals surface area contributed by atoms with E-state index in [1.807, 2.05) is 22.6 Å². The molecule has 0 aromatic rings. The highest BCUT2D eigenvalue weighted by atomic mass is 127. The molecule has 0 fully saturated rings. The van der Waals surface area contributed by atoms with Gasteiger partial charge in [0, 0.05) is 4.43 Å². The number of aliphatic hydroxyl groups excluding tert-OH is 4. The largest absolute Gasteiger partial charge is 0.394 e. The fourth-order valence-corrected chi connectivity index (χ4v) is 0.977. The molecular formula is C5H11IO4. The minimum absolute atomic E-state index is 0.329. The summed E-state index contributed by atoms with van der Waals surface area (Å²) in [4.78, 5) is 0. The topological polar surface area (TPSA) is 80.9 Å². The van der Waals surface area contributed by atoms with Crippen LogP contribution in [-0.2, 0) is 0 Å². The number of hydrogen-bond acceptors (Lipinski definition) is 4. The van der Waals surface area contributed by atoms with E-state index in [1.54, 1.807) is 0 Å². The monoisotopic (exact) mass is 262 g/mol. The first kappa shape index (κ1) is 10.6. The summed E-state index contributed by atoms with van der Waals surface area (Å²) in [7, 11) is 0. The molecule has 0 bridgehead atoms. The van der Waals surface area contributed by atoms with E-state index >= 15 is 0 Å². The highest BCUT2D eigenvalue weighted by Crippen LogP contribution is 2.02. The zero-order valence-electron chi connectivity index (χ0n) is 5.31. The third-order valence-electron chi connectivity index (χ3n) is 1.13. The lowest BCUT2D eigenvalue weighted by atomic mass is 10.1. The molecule has 3 unspecified atom stereocenters. The number of halogens is 1. The first-order valence-corrected chi connectivity index (χ1v) is 4.37. The van der Waals surface area contributed by atoms with E-state index < -0.39 is 24.9 Å². The van der Waals surface area contributed by atoms with Crippen LogP contribution >= 0.6 is 22.6 Å². The maximum Gasteiger partial charge on any atom is 0.109 e. The molecule has 0 saturated carbocycles.